The van der Waals surface area contributed by atoms with Crippen molar-refractivity contribution in [3.05, 3.63) is 0 Å². The van der Waals surface area contributed by atoms with E-state index in [1.165, 1.54) is 52.0 Å². The van der Waals surface area contributed by atoms with E-state index in [4.69, 9.17) is 5.73 Å². The molecule has 0 aromatic rings. The van der Waals surface area contributed by atoms with Crippen LogP contribution in [0.15, 0.2) is 0 Å². The molecule has 3 nitrogen and oxygen atoms in total. The Morgan fingerprint density at radius 1 is 1.07 bits per heavy atom. The molecule has 0 radical (unpaired) electrons. The monoisotopic (exact) mass is 211 g/mol. The van der Waals surface area contributed by atoms with E-state index in [1.807, 2.05) is 0 Å². The second-order valence-corrected chi connectivity index (χ2v) is 5.40. The van der Waals surface area contributed by atoms with Crippen LogP contribution in [0.5, 0.6) is 0 Å². The van der Waals surface area contributed by atoms with Crippen LogP contribution in [0.1, 0.15) is 19.3 Å². The standard InChI is InChI=1S/C12H25N3/c1-14-5-2-11(3-6-14)9-15-7-4-12(8-13)10-15/h11-12H,2-10,13H2,1H3. The first-order valence-electron chi connectivity index (χ1n) is 6.39. The lowest BCUT2D eigenvalue weighted by Gasteiger charge is -2.31. The summed E-state index contributed by atoms with van der Waals surface area (Å²) in [6.07, 6.45) is 4.10. The topological polar surface area (TPSA) is 32.5 Å². The van der Waals surface area contributed by atoms with Crippen LogP contribution < -0.4 is 5.73 Å². The zero-order valence-electron chi connectivity index (χ0n) is 9.99. The Morgan fingerprint density at radius 3 is 2.33 bits per heavy atom. The fourth-order valence-corrected chi connectivity index (χ4v) is 2.88. The minimum Gasteiger partial charge on any atom is -0.330 e. The Balaban J connectivity index is 1.69. The normalized spacial score (nSPS) is 31.2. The summed E-state index contributed by atoms with van der Waals surface area (Å²) in [7, 11) is 2.23. The number of nitrogens with two attached hydrogens (primary N) is 1. The molecule has 0 bridgehead atoms. The Labute approximate surface area is 93.6 Å². The first-order chi connectivity index (χ1) is 7.28. The van der Waals surface area contributed by atoms with Crippen molar-refractivity contribution < 1.29 is 0 Å². The van der Waals surface area contributed by atoms with Crippen molar-refractivity contribution in [2.45, 2.75) is 19.3 Å². The summed E-state index contributed by atoms with van der Waals surface area (Å²) in [6.45, 7) is 7.32. The number of hydrogen-bond donors (Lipinski definition) is 1. The smallest absolute Gasteiger partial charge is 0.00223 e. The highest BCUT2D eigenvalue weighted by Gasteiger charge is 2.25. The summed E-state index contributed by atoms with van der Waals surface area (Å²) < 4.78 is 0. The third kappa shape index (κ3) is 3.16. The quantitative estimate of drug-likeness (QED) is 0.742. The van der Waals surface area contributed by atoms with Gasteiger partial charge in [0.1, 0.15) is 0 Å². The zero-order valence-corrected chi connectivity index (χ0v) is 9.99. The van der Waals surface area contributed by atoms with Gasteiger partial charge in [0, 0.05) is 13.1 Å². The first kappa shape index (κ1) is 11.4. The van der Waals surface area contributed by atoms with Crippen LogP contribution in [-0.2, 0) is 0 Å². The Morgan fingerprint density at radius 2 is 1.73 bits per heavy atom. The maximum Gasteiger partial charge on any atom is 0.00223 e. The van der Waals surface area contributed by atoms with E-state index in [9.17, 15) is 0 Å². The molecular formula is C12H25N3. The van der Waals surface area contributed by atoms with Gasteiger partial charge in [0.15, 0.2) is 0 Å². The Hall–Kier alpha value is -0.120. The zero-order chi connectivity index (χ0) is 10.7. The number of likely N-dealkylation sites (tertiary alicyclic amines) is 2. The van der Waals surface area contributed by atoms with E-state index in [1.54, 1.807) is 0 Å². The molecule has 3 heteroatoms. The third-order valence-electron chi connectivity index (χ3n) is 4.06. The molecule has 2 fully saturated rings. The van der Waals surface area contributed by atoms with Crippen LogP contribution in [-0.4, -0.2) is 56.1 Å². The molecule has 15 heavy (non-hydrogen) atoms. The number of piperidine rings is 1. The lowest BCUT2D eigenvalue weighted by atomic mass is 9.97. The molecule has 0 aromatic carbocycles. The maximum atomic E-state index is 5.71. The molecule has 0 aromatic heterocycles. The largest absolute Gasteiger partial charge is 0.330 e. The van der Waals surface area contributed by atoms with Crippen molar-refractivity contribution >= 4 is 0 Å². The highest BCUT2D eigenvalue weighted by atomic mass is 15.2. The van der Waals surface area contributed by atoms with Gasteiger partial charge in [0.2, 0.25) is 0 Å². The van der Waals surface area contributed by atoms with Gasteiger partial charge in [-0.05, 0) is 64.3 Å². The van der Waals surface area contributed by atoms with Crippen LogP contribution in [0.2, 0.25) is 0 Å². The summed E-state index contributed by atoms with van der Waals surface area (Å²) in [4.78, 5) is 5.08. The third-order valence-corrected chi connectivity index (χ3v) is 4.06. The number of hydrogen-bond acceptors (Lipinski definition) is 3. The fraction of sp³-hybridized carbons (Fsp3) is 1.00. The van der Waals surface area contributed by atoms with Gasteiger partial charge in [-0.3, -0.25) is 0 Å². The van der Waals surface area contributed by atoms with Gasteiger partial charge in [-0.25, -0.2) is 0 Å². The summed E-state index contributed by atoms with van der Waals surface area (Å²) in [5.74, 6) is 1.72. The molecule has 2 N–H and O–H groups in total. The molecule has 1 unspecified atom stereocenters. The first-order valence-corrected chi connectivity index (χ1v) is 6.39. The van der Waals surface area contributed by atoms with E-state index < -0.39 is 0 Å². The number of rotatable bonds is 3. The lowest BCUT2D eigenvalue weighted by molar-refractivity contribution is 0.174. The minimum absolute atomic E-state index is 0.774. The average molecular weight is 211 g/mol. The predicted octanol–water partition coefficient (Wildman–Crippen LogP) is 0.609. The van der Waals surface area contributed by atoms with Crippen molar-refractivity contribution in [3.8, 4) is 0 Å². The van der Waals surface area contributed by atoms with Crippen LogP contribution >= 0.6 is 0 Å². The van der Waals surface area contributed by atoms with Crippen molar-refractivity contribution in [2.75, 3.05) is 46.3 Å². The van der Waals surface area contributed by atoms with Crippen molar-refractivity contribution in [1.29, 1.82) is 0 Å². The van der Waals surface area contributed by atoms with E-state index in [0.717, 1.165) is 18.4 Å². The van der Waals surface area contributed by atoms with Crippen LogP contribution in [0.4, 0.5) is 0 Å². The molecule has 2 aliphatic rings. The summed E-state index contributed by atoms with van der Waals surface area (Å²) in [5.41, 5.74) is 5.71. The van der Waals surface area contributed by atoms with Crippen molar-refractivity contribution in [3.63, 3.8) is 0 Å². The summed E-state index contributed by atoms with van der Waals surface area (Å²) in [6, 6.07) is 0. The molecule has 0 saturated carbocycles. The second kappa shape index (κ2) is 5.28. The Kier molecular flexibility index (Phi) is 4.00. The fourth-order valence-electron chi connectivity index (χ4n) is 2.88. The molecule has 2 saturated heterocycles. The molecule has 2 heterocycles. The summed E-state index contributed by atoms with van der Waals surface area (Å²) >= 11 is 0. The second-order valence-electron chi connectivity index (χ2n) is 5.40. The SMILES string of the molecule is CN1CCC(CN2CCC(CN)C2)CC1. The average Bonchev–Trinajstić information content (AvgIpc) is 2.69. The summed E-state index contributed by atoms with van der Waals surface area (Å²) in [5, 5.41) is 0. The maximum absolute atomic E-state index is 5.71. The van der Waals surface area contributed by atoms with Gasteiger partial charge < -0.3 is 15.5 Å². The molecule has 0 spiro atoms. The van der Waals surface area contributed by atoms with E-state index in [2.05, 4.69) is 16.8 Å². The molecule has 0 aliphatic carbocycles. The molecule has 2 rings (SSSR count). The molecule has 88 valence electrons. The lowest BCUT2D eigenvalue weighted by Crippen LogP contribution is -2.36. The van der Waals surface area contributed by atoms with Gasteiger partial charge in [0.25, 0.3) is 0 Å². The van der Waals surface area contributed by atoms with Gasteiger partial charge in [-0.1, -0.05) is 0 Å². The van der Waals surface area contributed by atoms with Crippen LogP contribution in [0.25, 0.3) is 0 Å². The Bertz CT molecular complexity index is 187. The van der Waals surface area contributed by atoms with E-state index in [0.29, 0.717) is 0 Å². The number of nitrogens with zero attached hydrogens (tertiary/aromatic N) is 2. The predicted molar refractivity (Wildman–Crippen MR) is 63.8 cm³/mol. The van der Waals surface area contributed by atoms with E-state index >= 15 is 0 Å². The molecule has 1 atom stereocenters. The van der Waals surface area contributed by atoms with Gasteiger partial charge >= 0.3 is 0 Å². The highest BCUT2D eigenvalue weighted by molar-refractivity contribution is 4.80. The molecular weight excluding hydrogens is 186 g/mol. The van der Waals surface area contributed by atoms with E-state index in [-0.39, 0.29) is 0 Å². The van der Waals surface area contributed by atoms with Gasteiger partial charge in [-0.15, -0.1) is 0 Å². The van der Waals surface area contributed by atoms with Crippen LogP contribution in [0, 0.1) is 11.8 Å². The van der Waals surface area contributed by atoms with Crippen molar-refractivity contribution in [2.24, 2.45) is 17.6 Å². The molecule has 0 amide bonds. The van der Waals surface area contributed by atoms with Gasteiger partial charge in [-0.2, -0.15) is 0 Å². The van der Waals surface area contributed by atoms with Gasteiger partial charge in [0.05, 0.1) is 0 Å². The van der Waals surface area contributed by atoms with Crippen molar-refractivity contribution in [1.82, 2.24) is 9.80 Å². The molecule has 2 aliphatic heterocycles. The highest BCUT2D eigenvalue weighted by Crippen LogP contribution is 2.21. The van der Waals surface area contributed by atoms with Crippen LogP contribution in [0.3, 0.4) is 0 Å². The minimum atomic E-state index is 0.774.